The van der Waals surface area contributed by atoms with E-state index in [1.807, 2.05) is 41.3 Å². The highest BCUT2D eigenvalue weighted by molar-refractivity contribution is 6.03. The van der Waals surface area contributed by atoms with Gasteiger partial charge in [-0.2, -0.15) is 5.10 Å². The number of rotatable bonds is 7. The minimum atomic E-state index is -0.267. The summed E-state index contributed by atoms with van der Waals surface area (Å²) in [4.78, 5) is 32.1. The van der Waals surface area contributed by atoms with Gasteiger partial charge in [-0.1, -0.05) is 0 Å². The molecular weight excluding hydrogens is 462 g/mol. The van der Waals surface area contributed by atoms with Gasteiger partial charge in [-0.15, -0.1) is 0 Å². The summed E-state index contributed by atoms with van der Waals surface area (Å²) in [6, 6.07) is 11.2. The molecule has 1 aromatic heterocycles. The molecule has 3 aliphatic rings. The summed E-state index contributed by atoms with van der Waals surface area (Å²) in [5.74, 6) is 1.60. The molecule has 36 heavy (non-hydrogen) atoms. The summed E-state index contributed by atoms with van der Waals surface area (Å²) in [6.07, 6.45) is 2.21. The quantitative estimate of drug-likeness (QED) is 0.574. The Balaban J connectivity index is 1.19. The minimum Gasteiger partial charge on any atom is -0.497 e. The van der Waals surface area contributed by atoms with Crippen LogP contribution in [-0.4, -0.2) is 110 Å². The highest BCUT2D eigenvalue weighted by Crippen LogP contribution is 2.33. The molecule has 1 aromatic carbocycles. The van der Waals surface area contributed by atoms with E-state index in [0.29, 0.717) is 39.3 Å². The molecule has 2 amide bonds. The molecule has 192 valence electrons. The number of carbonyl (C=O) groups is 2. The fourth-order valence-electron chi connectivity index (χ4n) is 4.87. The van der Waals surface area contributed by atoms with Crippen molar-refractivity contribution in [1.29, 1.82) is 0 Å². The number of piperazine rings is 1. The molecule has 10 nitrogen and oxygen atoms in total. The molecule has 0 aliphatic carbocycles. The van der Waals surface area contributed by atoms with Crippen LogP contribution in [0.1, 0.15) is 23.8 Å². The van der Waals surface area contributed by atoms with Crippen molar-refractivity contribution in [3.63, 3.8) is 0 Å². The third-order valence-electron chi connectivity index (χ3n) is 7.01. The molecule has 0 saturated carbocycles. The van der Waals surface area contributed by atoms with Gasteiger partial charge in [0.2, 0.25) is 5.91 Å². The maximum atomic E-state index is 13.4. The van der Waals surface area contributed by atoms with Gasteiger partial charge in [0.1, 0.15) is 17.6 Å². The first-order valence-electron chi connectivity index (χ1n) is 12.5. The standard InChI is InChI=1S/C26H33N5O5/c1-34-21-6-4-20(5-7-21)22-17-23(24-3-2-14-36-24)31(27-22)26(33)19-29-10-8-28(9-11-29)18-25(32)30-12-15-35-16-13-30/h2-7,14,23H,8-13,15-19H2,1H3/t23-/m1/s1. The molecule has 0 spiro atoms. The largest absolute Gasteiger partial charge is 0.497 e. The van der Waals surface area contributed by atoms with Crippen molar-refractivity contribution >= 4 is 17.5 Å². The number of carbonyl (C=O) groups excluding carboxylic acids is 2. The summed E-state index contributed by atoms with van der Waals surface area (Å²) in [5.41, 5.74) is 1.81. The van der Waals surface area contributed by atoms with Crippen molar-refractivity contribution < 1.29 is 23.5 Å². The fraction of sp³-hybridized carbons (Fsp3) is 0.500. The van der Waals surface area contributed by atoms with Gasteiger partial charge >= 0.3 is 0 Å². The first-order chi connectivity index (χ1) is 17.6. The second-order valence-electron chi connectivity index (χ2n) is 9.29. The highest BCUT2D eigenvalue weighted by atomic mass is 16.5. The summed E-state index contributed by atoms with van der Waals surface area (Å²) in [7, 11) is 1.64. The van der Waals surface area contributed by atoms with E-state index in [0.717, 1.165) is 49.0 Å². The monoisotopic (exact) mass is 495 g/mol. The van der Waals surface area contributed by atoms with E-state index in [1.165, 1.54) is 0 Å². The number of furan rings is 1. The van der Waals surface area contributed by atoms with Crippen LogP contribution in [0.15, 0.2) is 52.2 Å². The van der Waals surface area contributed by atoms with Crippen molar-refractivity contribution in [3.05, 3.63) is 54.0 Å². The Morgan fingerprint density at radius 3 is 2.22 bits per heavy atom. The molecule has 4 heterocycles. The van der Waals surface area contributed by atoms with Gasteiger partial charge in [0, 0.05) is 45.7 Å². The Bertz CT molecular complexity index is 1060. The molecule has 3 aliphatic heterocycles. The lowest BCUT2D eigenvalue weighted by Crippen LogP contribution is -2.53. The van der Waals surface area contributed by atoms with Crippen LogP contribution in [0.25, 0.3) is 0 Å². The molecule has 0 bridgehead atoms. The number of hydrogen-bond acceptors (Lipinski definition) is 8. The number of morpholine rings is 1. The Morgan fingerprint density at radius 1 is 0.944 bits per heavy atom. The van der Waals surface area contributed by atoms with Crippen LogP contribution < -0.4 is 4.74 Å². The van der Waals surface area contributed by atoms with Crippen LogP contribution in [0.2, 0.25) is 0 Å². The van der Waals surface area contributed by atoms with Crippen LogP contribution >= 0.6 is 0 Å². The lowest BCUT2D eigenvalue weighted by molar-refractivity contribution is -0.138. The first kappa shape index (κ1) is 24.5. The van der Waals surface area contributed by atoms with E-state index in [1.54, 1.807) is 18.4 Å². The maximum absolute atomic E-state index is 13.4. The van der Waals surface area contributed by atoms with E-state index in [9.17, 15) is 9.59 Å². The predicted molar refractivity (Wildman–Crippen MR) is 133 cm³/mol. The van der Waals surface area contributed by atoms with Crippen molar-refractivity contribution in [2.24, 2.45) is 5.10 Å². The van der Waals surface area contributed by atoms with E-state index < -0.39 is 0 Å². The Kier molecular flexibility index (Phi) is 7.64. The lowest BCUT2D eigenvalue weighted by atomic mass is 10.0. The summed E-state index contributed by atoms with van der Waals surface area (Å²) in [6.45, 7) is 6.23. The van der Waals surface area contributed by atoms with Crippen molar-refractivity contribution in [2.75, 3.05) is 72.7 Å². The van der Waals surface area contributed by atoms with E-state index in [4.69, 9.17) is 19.0 Å². The zero-order valence-electron chi connectivity index (χ0n) is 20.7. The number of benzene rings is 1. The normalized spacial score (nSPS) is 21.5. The molecule has 5 rings (SSSR count). The van der Waals surface area contributed by atoms with Crippen molar-refractivity contribution in [2.45, 2.75) is 12.5 Å². The van der Waals surface area contributed by atoms with Gasteiger partial charge in [0.25, 0.3) is 5.91 Å². The van der Waals surface area contributed by atoms with Crippen molar-refractivity contribution in [3.8, 4) is 5.75 Å². The zero-order valence-corrected chi connectivity index (χ0v) is 20.7. The number of hydrazone groups is 1. The third-order valence-corrected chi connectivity index (χ3v) is 7.01. The summed E-state index contributed by atoms with van der Waals surface area (Å²) >= 11 is 0. The van der Waals surface area contributed by atoms with Crippen LogP contribution in [0.5, 0.6) is 5.75 Å². The number of nitrogens with zero attached hydrogens (tertiary/aromatic N) is 5. The molecule has 1 atom stereocenters. The molecule has 0 N–H and O–H groups in total. The SMILES string of the molecule is COc1ccc(C2=NN(C(=O)CN3CCN(CC(=O)N4CCOCC4)CC3)[C@@H](c3ccco3)C2)cc1. The molecule has 0 radical (unpaired) electrons. The van der Waals surface area contributed by atoms with Gasteiger partial charge in [-0.3, -0.25) is 19.4 Å². The van der Waals surface area contributed by atoms with Gasteiger partial charge in [0.15, 0.2) is 0 Å². The lowest BCUT2D eigenvalue weighted by Gasteiger charge is -2.36. The van der Waals surface area contributed by atoms with Crippen LogP contribution in [0.4, 0.5) is 0 Å². The average molecular weight is 496 g/mol. The molecule has 2 saturated heterocycles. The number of ether oxygens (including phenoxy) is 2. The average Bonchev–Trinajstić information content (AvgIpc) is 3.61. The minimum absolute atomic E-state index is 0.0576. The molecule has 2 fully saturated rings. The van der Waals surface area contributed by atoms with Crippen LogP contribution in [0.3, 0.4) is 0 Å². The summed E-state index contributed by atoms with van der Waals surface area (Å²) in [5, 5.41) is 6.30. The number of amides is 2. The number of methoxy groups -OCH3 is 1. The summed E-state index contributed by atoms with van der Waals surface area (Å²) < 4.78 is 16.3. The molecule has 2 aromatic rings. The first-order valence-corrected chi connectivity index (χ1v) is 12.5. The van der Waals surface area contributed by atoms with E-state index >= 15 is 0 Å². The maximum Gasteiger partial charge on any atom is 0.257 e. The van der Waals surface area contributed by atoms with E-state index in [-0.39, 0.29) is 24.4 Å². The second-order valence-corrected chi connectivity index (χ2v) is 9.29. The topological polar surface area (TPSA) is 91.1 Å². The smallest absolute Gasteiger partial charge is 0.257 e. The fourth-order valence-corrected chi connectivity index (χ4v) is 4.87. The zero-order chi connectivity index (χ0) is 24.9. The molecule has 10 heteroatoms. The van der Waals surface area contributed by atoms with Crippen LogP contribution in [-0.2, 0) is 14.3 Å². The highest BCUT2D eigenvalue weighted by Gasteiger charge is 2.36. The van der Waals surface area contributed by atoms with Gasteiger partial charge < -0.3 is 18.8 Å². The van der Waals surface area contributed by atoms with Gasteiger partial charge in [-0.05, 0) is 42.0 Å². The third kappa shape index (κ3) is 5.61. The van der Waals surface area contributed by atoms with Crippen molar-refractivity contribution in [1.82, 2.24) is 19.7 Å². The second kappa shape index (κ2) is 11.2. The van der Waals surface area contributed by atoms with Gasteiger partial charge in [0.05, 0.1) is 45.4 Å². The Hall–Kier alpha value is -3.21. The Labute approximate surface area is 211 Å². The van der Waals surface area contributed by atoms with Gasteiger partial charge in [-0.25, -0.2) is 5.01 Å². The molecule has 0 unspecified atom stereocenters. The van der Waals surface area contributed by atoms with E-state index in [2.05, 4.69) is 9.80 Å². The number of hydrogen-bond donors (Lipinski definition) is 0. The Morgan fingerprint density at radius 2 is 1.61 bits per heavy atom. The predicted octanol–water partition coefficient (Wildman–Crippen LogP) is 1.44. The van der Waals surface area contributed by atoms with Crippen LogP contribution in [0, 0.1) is 0 Å². The molecular formula is C26H33N5O5.